The van der Waals surface area contributed by atoms with E-state index in [2.05, 4.69) is 26.3 Å². The van der Waals surface area contributed by atoms with Gasteiger partial charge in [0.25, 0.3) is 0 Å². The monoisotopic (exact) mass is 281 g/mol. The fourth-order valence-electron chi connectivity index (χ4n) is 1.45. The highest BCUT2D eigenvalue weighted by molar-refractivity contribution is 8.00. The van der Waals surface area contributed by atoms with Crippen LogP contribution in [0, 0.1) is 11.8 Å². The third kappa shape index (κ3) is 5.53. The zero-order valence-electron chi connectivity index (χ0n) is 11.9. The van der Waals surface area contributed by atoms with Crippen LogP contribution in [0.3, 0.4) is 0 Å². The molecule has 1 aromatic rings. The van der Waals surface area contributed by atoms with E-state index in [0.29, 0.717) is 5.56 Å². The van der Waals surface area contributed by atoms with Crippen LogP contribution in [0.15, 0.2) is 29.4 Å². The molecular weight excluding hydrogens is 260 g/mol. The normalized spacial score (nSPS) is 13.1. The maximum Gasteiger partial charge on any atom is 0.201 e. The Bertz CT molecular complexity index is 438. The van der Waals surface area contributed by atoms with Gasteiger partial charge in [-0.1, -0.05) is 29.8 Å². The summed E-state index contributed by atoms with van der Waals surface area (Å²) in [6.45, 7) is 2.84. The van der Waals surface area contributed by atoms with Crippen LogP contribution >= 0.6 is 11.8 Å². The van der Waals surface area contributed by atoms with E-state index in [0.717, 1.165) is 22.3 Å². The molecule has 0 spiro atoms. The van der Waals surface area contributed by atoms with Crippen molar-refractivity contribution in [3.05, 3.63) is 40.3 Å². The second-order valence-corrected chi connectivity index (χ2v) is 6.76. The number of hydrogen-bond acceptors (Lipinski definition) is 4. The first-order valence-corrected chi connectivity index (χ1v) is 7.24. The van der Waals surface area contributed by atoms with E-state index in [1.54, 1.807) is 12.1 Å². The Morgan fingerprint density at radius 2 is 1.84 bits per heavy atom. The van der Waals surface area contributed by atoms with Gasteiger partial charge < -0.3 is 4.48 Å². The number of ketones is 1. The molecule has 0 saturated heterocycles. The lowest BCUT2D eigenvalue weighted by Crippen LogP contribution is -2.37. The van der Waals surface area contributed by atoms with Gasteiger partial charge in [0.15, 0.2) is 0 Å². The lowest BCUT2D eigenvalue weighted by atomic mass is 10.1. The quantitative estimate of drug-likeness (QED) is 0.438. The van der Waals surface area contributed by atoms with Crippen LogP contribution < -0.4 is 0 Å². The number of benzene rings is 1. The molecule has 0 fully saturated rings. The molecule has 1 rings (SSSR count). The minimum absolute atomic E-state index is 0.207. The summed E-state index contributed by atoms with van der Waals surface area (Å²) in [6.07, 6.45) is 0. The van der Waals surface area contributed by atoms with Crippen molar-refractivity contribution in [3.8, 4) is 0 Å². The number of quaternary nitrogens is 1. The molecule has 4 nitrogen and oxygen atoms in total. The molecule has 0 N–H and O–H groups in total. The second-order valence-electron chi connectivity index (χ2n) is 5.57. The Hall–Kier alpha value is -1.20. The van der Waals surface area contributed by atoms with Gasteiger partial charge in [-0.05, 0) is 12.1 Å². The Morgan fingerprint density at radius 1 is 1.26 bits per heavy atom. The Kier molecular flexibility index (Phi) is 5.69. The maximum atomic E-state index is 12.1. The summed E-state index contributed by atoms with van der Waals surface area (Å²) in [5.74, 6) is 0.527. The molecular formula is C14H21N2O2S+. The summed E-state index contributed by atoms with van der Waals surface area (Å²) < 4.78 is 0.803. The van der Waals surface area contributed by atoms with Gasteiger partial charge in [-0.25, -0.2) is 0 Å². The van der Waals surface area contributed by atoms with E-state index < -0.39 is 5.37 Å². The fourth-order valence-corrected chi connectivity index (χ4v) is 2.68. The number of nitrogens with zero attached hydrogens (tertiary/aromatic N) is 2. The summed E-state index contributed by atoms with van der Waals surface area (Å²) in [5.41, 5.74) is 1.64. The second kappa shape index (κ2) is 6.82. The van der Waals surface area contributed by atoms with Gasteiger partial charge in [-0.15, -0.1) is 16.7 Å². The zero-order chi connectivity index (χ0) is 14.5. The van der Waals surface area contributed by atoms with Crippen molar-refractivity contribution in [2.45, 2.75) is 12.3 Å². The van der Waals surface area contributed by atoms with Crippen molar-refractivity contribution < 1.29 is 9.28 Å². The van der Waals surface area contributed by atoms with E-state index in [9.17, 15) is 9.70 Å². The fraction of sp³-hybridized carbons (Fsp3) is 0.500. The van der Waals surface area contributed by atoms with Crippen molar-refractivity contribution in [1.29, 1.82) is 0 Å². The molecule has 0 bridgehead atoms. The van der Waals surface area contributed by atoms with Gasteiger partial charge in [0.1, 0.15) is 0 Å². The van der Waals surface area contributed by atoms with E-state index in [-0.39, 0.29) is 5.78 Å². The van der Waals surface area contributed by atoms with Gasteiger partial charge in [-0.2, -0.15) is 0 Å². The van der Waals surface area contributed by atoms with E-state index in [4.69, 9.17) is 0 Å². The van der Waals surface area contributed by atoms with Gasteiger partial charge in [0.2, 0.25) is 11.2 Å². The van der Waals surface area contributed by atoms with Crippen molar-refractivity contribution in [2.75, 3.05) is 33.4 Å². The third-order valence-electron chi connectivity index (χ3n) is 2.69. The molecule has 0 heterocycles. The molecule has 0 aliphatic carbocycles. The summed E-state index contributed by atoms with van der Waals surface area (Å²) in [4.78, 5) is 23.0. The smallest absolute Gasteiger partial charge is 0.201 e. The van der Waals surface area contributed by atoms with Gasteiger partial charge >= 0.3 is 0 Å². The first kappa shape index (κ1) is 15.9. The highest BCUT2D eigenvalue weighted by atomic mass is 32.2. The minimum Gasteiger partial charge on any atom is -0.330 e. The largest absolute Gasteiger partial charge is 0.330 e. The lowest BCUT2D eigenvalue weighted by Gasteiger charge is -2.23. The number of hydrogen-bond donors (Lipinski definition) is 0. The van der Waals surface area contributed by atoms with Crippen molar-refractivity contribution in [3.63, 3.8) is 0 Å². The van der Waals surface area contributed by atoms with Gasteiger partial charge in [0, 0.05) is 11.3 Å². The van der Waals surface area contributed by atoms with Crippen LogP contribution in [0.1, 0.15) is 15.9 Å². The topological polar surface area (TPSA) is 46.5 Å². The van der Waals surface area contributed by atoms with Crippen molar-refractivity contribution >= 4 is 17.5 Å². The predicted molar refractivity (Wildman–Crippen MR) is 80.4 cm³/mol. The van der Waals surface area contributed by atoms with Crippen LogP contribution in [0.2, 0.25) is 0 Å². The highest BCUT2D eigenvalue weighted by Gasteiger charge is 2.22. The molecule has 5 heteroatoms. The average molecular weight is 281 g/mol. The minimum atomic E-state index is -0.839. The number of carbonyl (C=O) groups excluding carboxylic acids is 1. The molecule has 1 unspecified atom stereocenters. The maximum absolute atomic E-state index is 12.1. The number of aryl methyl sites for hydroxylation is 1. The lowest BCUT2D eigenvalue weighted by molar-refractivity contribution is -0.867. The predicted octanol–water partition coefficient (Wildman–Crippen LogP) is 2.71. The molecule has 1 atom stereocenters. The van der Waals surface area contributed by atoms with Gasteiger partial charge in [0.05, 0.1) is 27.7 Å². The van der Waals surface area contributed by atoms with Gasteiger partial charge in [-0.3, -0.25) is 4.79 Å². The molecule has 0 aliphatic rings. The molecule has 104 valence electrons. The Morgan fingerprint density at radius 3 is 2.32 bits per heavy atom. The molecule has 0 aromatic heterocycles. The van der Waals surface area contributed by atoms with E-state index in [1.807, 2.05) is 19.1 Å². The zero-order valence-corrected chi connectivity index (χ0v) is 12.7. The molecule has 1 aromatic carbocycles. The van der Waals surface area contributed by atoms with Crippen LogP contribution in [-0.4, -0.2) is 49.1 Å². The summed E-state index contributed by atoms with van der Waals surface area (Å²) in [6, 6.07) is 7.23. The molecule has 0 amide bonds. The van der Waals surface area contributed by atoms with E-state index >= 15 is 0 Å². The summed E-state index contributed by atoms with van der Waals surface area (Å²) >= 11 is 1.31. The number of Topliss-reactive ketones (excluding diaryl/α,β-unsaturated/α-hetero) is 1. The Labute approximate surface area is 118 Å². The van der Waals surface area contributed by atoms with Crippen LogP contribution in [-0.2, 0) is 0 Å². The standard InChI is InChI=1S/C14H21N2O2S/c1-11-5-7-12(8-6-11)13(17)14(15-18)19-10-9-16(2,3)4/h5-8,14H,9-10H2,1-4H3/q+1. The first-order chi connectivity index (χ1) is 8.83. The number of carbonyl (C=O) groups is 1. The first-order valence-electron chi connectivity index (χ1n) is 6.19. The molecule has 0 aliphatic heterocycles. The van der Waals surface area contributed by atoms with Crippen molar-refractivity contribution in [1.82, 2.24) is 0 Å². The highest BCUT2D eigenvalue weighted by Crippen LogP contribution is 2.18. The average Bonchev–Trinajstić information content (AvgIpc) is 2.33. The van der Waals surface area contributed by atoms with Crippen LogP contribution in [0.4, 0.5) is 0 Å². The Balaban J connectivity index is 2.62. The van der Waals surface area contributed by atoms with Crippen LogP contribution in [0.5, 0.6) is 0 Å². The number of thioether (sulfide) groups is 1. The summed E-state index contributed by atoms with van der Waals surface area (Å²) in [7, 11) is 6.23. The van der Waals surface area contributed by atoms with Crippen molar-refractivity contribution in [2.24, 2.45) is 5.18 Å². The molecule has 19 heavy (non-hydrogen) atoms. The number of nitroso groups, excluding NO2 is 1. The summed E-state index contributed by atoms with van der Waals surface area (Å²) in [5, 5.41) is 2.12. The van der Waals surface area contributed by atoms with Crippen LogP contribution in [0.25, 0.3) is 0 Å². The SMILES string of the molecule is Cc1ccc(C(=O)C(N=O)SCC[N+](C)(C)C)cc1. The van der Waals surface area contributed by atoms with E-state index in [1.165, 1.54) is 11.8 Å². The number of rotatable bonds is 7. The molecule has 0 saturated carbocycles. The molecule has 0 radical (unpaired) electrons. The third-order valence-corrected chi connectivity index (χ3v) is 3.73.